The van der Waals surface area contributed by atoms with Crippen molar-refractivity contribution in [2.75, 3.05) is 13.2 Å². The third-order valence-corrected chi connectivity index (χ3v) is 3.58. The molecule has 0 saturated heterocycles. The molecule has 23 heavy (non-hydrogen) atoms. The molecule has 0 aliphatic rings. The van der Waals surface area contributed by atoms with Gasteiger partial charge in [0.05, 0.1) is 25.2 Å². The molecule has 1 unspecified atom stereocenters. The van der Waals surface area contributed by atoms with Gasteiger partial charge in [-0.2, -0.15) is 0 Å². The molecule has 0 aliphatic heterocycles. The minimum atomic E-state index is -1.17. The second-order valence-corrected chi connectivity index (χ2v) is 5.70. The molecule has 4 heteroatoms. The quantitative estimate of drug-likeness (QED) is 0.737. The molecule has 0 fully saturated rings. The molecular formula is C19H23NO3. The maximum atomic E-state index is 11.9. The largest absolute Gasteiger partial charge is 0.385 e. The fourth-order valence-electron chi connectivity index (χ4n) is 2.30. The fraction of sp³-hybridized carbons (Fsp3) is 0.316. The van der Waals surface area contributed by atoms with Crippen LogP contribution in [0.4, 0.5) is 0 Å². The van der Waals surface area contributed by atoms with Crippen molar-refractivity contribution in [3.05, 3.63) is 71.8 Å². The lowest BCUT2D eigenvalue weighted by molar-refractivity contribution is -0.126. The Labute approximate surface area is 137 Å². The van der Waals surface area contributed by atoms with E-state index in [1.54, 1.807) is 6.92 Å². The second kappa shape index (κ2) is 8.46. The highest BCUT2D eigenvalue weighted by molar-refractivity contribution is 5.77. The summed E-state index contributed by atoms with van der Waals surface area (Å²) < 4.78 is 5.51. The molecule has 0 saturated carbocycles. The Kier molecular flexibility index (Phi) is 6.32. The van der Waals surface area contributed by atoms with Crippen molar-refractivity contribution in [1.29, 1.82) is 0 Å². The minimum absolute atomic E-state index is 0.0235. The summed E-state index contributed by atoms with van der Waals surface area (Å²) in [4.78, 5) is 11.9. The van der Waals surface area contributed by atoms with Gasteiger partial charge >= 0.3 is 0 Å². The van der Waals surface area contributed by atoms with Crippen LogP contribution in [0, 0.1) is 0 Å². The van der Waals surface area contributed by atoms with Crippen LogP contribution in [0.15, 0.2) is 60.7 Å². The Bertz CT molecular complexity index is 597. The van der Waals surface area contributed by atoms with Crippen LogP contribution in [0.2, 0.25) is 0 Å². The Morgan fingerprint density at radius 3 is 2.35 bits per heavy atom. The van der Waals surface area contributed by atoms with Gasteiger partial charge in [0, 0.05) is 6.54 Å². The molecule has 1 atom stereocenters. The summed E-state index contributed by atoms with van der Waals surface area (Å²) in [5.74, 6) is -0.192. The Morgan fingerprint density at radius 1 is 1.09 bits per heavy atom. The zero-order chi connectivity index (χ0) is 16.5. The van der Waals surface area contributed by atoms with E-state index in [1.807, 2.05) is 60.7 Å². The lowest BCUT2D eigenvalue weighted by Crippen LogP contribution is -2.34. The van der Waals surface area contributed by atoms with Gasteiger partial charge in [-0.3, -0.25) is 4.79 Å². The smallest absolute Gasteiger partial charge is 0.223 e. The van der Waals surface area contributed by atoms with Crippen LogP contribution >= 0.6 is 0 Å². The van der Waals surface area contributed by atoms with E-state index in [1.165, 1.54) is 0 Å². The van der Waals surface area contributed by atoms with Gasteiger partial charge in [0.25, 0.3) is 0 Å². The summed E-state index contributed by atoms with van der Waals surface area (Å²) in [7, 11) is 0. The predicted molar refractivity (Wildman–Crippen MR) is 89.7 cm³/mol. The van der Waals surface area contributed by atoms with Gasteiger partial charge < -0.3 is 15.2 Å². The zero-order valence-corrected chi connectivity index (χ0v) is 13.4. The molecule has 0 spiro atoms. The van der Waals surface area contributed by atoms with E-state index in [-0.39, 0.29) is 12.3 Å². The average molecular weight is 313 g/mol. The van der Waals surface area contributed by atoms with Crippen LogP contribution < -0.4 is 5.32 Å². The van der Waals surface area contributed by atoms with Crippen molar-refractivity contribution >= 4 is 5.91 Å². The van der Waals surface area contributed by atoms with E-state index in [0.717, 1.165) is 11.1 Å². The molecule has 0 bridgehead atoms. The van der Waals surface area contributed by atoms with Gasteiger partial charge in [-0.1, -0.05) is 60.7 Å². The molecule has 2 N–H and O–H groups in total. The van der Waals surface area contributed by atoms with Crippen molar-refractivity contribution in [2.45, 2.75) is 25.6 Å². The third kappa shape index (κ3) is 5.85. The zero-order valence-electron chi connectivity index (χ0n) is 13.4. The van der Waals surface area contributed by atoms with Crippen LogP contribution in [0.5, 0.6) is 0 Å². The number of ether oxygens (including phenoxy) is 1. The lowest BCUT2D eigenvalue weighted by atomic mass is 9.92. The first-order valence-electron chi connectivity index (χ1n) is 7.74. The summed E-state index contributed by atoms with van der Waals surface area (Å²) in [5, 5.41) is 13.2. The van der Waals surface area contributed by atoms with E-state index in [4.69, 9.17) is 4.74 Å². The average Bonchev–Trinajstić information content (AvgIpc) is 2.56. The lowest BCUT2D eigenvalue weighted by Gasteiger charge is -2.23. The topological polar surface area (TPSA) is 58.6 Å². The molecule has 0 heterocycles. The first-order chi connectivity index (χ1) is 11.1. The van der Waals surface area contributed by atoms with Crippen LogP contribution in [-0.4, -0.2) is 24.2 Å². The van der Waals surface area contributed by atoms with Gasteiger partial charge in [0.1, 0.15) is 0 Å². The van der Waals surface area contributed by atoms with Crippen LogP contribution in [0.1, 0.15) is 24.5 Å². The van der Waals surface area contributed by atoms with Crippen molar-refractivity contribution in [2.24, 2.45) is 0 Å². The van der Waals surface area contributed by atoms with E-state index >= 15 is 0 Å². The molecule has 1 amide bonds. The number of benzene rings is 2. The molecule has 4 nitrogen and oxygen atoms in total. The number of carbonyl (C=O) groups is 1. The normalized spacial score (nSPS) is 13.3. The monoisotopic (exact) mass is 313 g/mol. The number of amides is 1. The van der Waals surface area contributed by atoms with Crippen molar-refractivity contribution in [1.82, 2.24) is 5.32 Å². The highest BCUT2D eigenvalue weighted by atomic mass is 16.5. The maximum Gasteiger partial charge on any atom is 0.223 e. The molecule has 2 aromatic carbocycles. The summed E-state index contributed by atoms with van der Waals surface area (Å²) in [6.45, 7) is 3.04. The molecule has 2 aromatic rings. The van der Waals surface area contributed by atoms with E-state index in [2.05, 4.69) is 5.32 Å². The summed E-state index contributed by atoms with van der Waals surface area (Å²) in [6.07, 6.45) is 0.0235. The van der Waals surface area contributed by atoms with Gasteiger partial charge in [-0.05, 0) is 18.1 Å². The minimum Gasteiger partial charge on any atom is -0.385 e. The number of hydrogen-bond donors (Lipinski definition) is 2. The first kappa shape index (κ1) is 17.2. The van der Waals surface area contributed by atoms with Crippen molar-refractivity contribution in [3.63, 3.8) is 0 Å². The number of nitrogens with one attached hydrogen (secondary N) is 1. The molecular weight excluding hydrogens is 290 g/mol. The van der Waals surface area contributed by atoms with Crippen molar-refractivity contribution < 1.29 is 14.6 Å². The fourth-order valence-corrected chi connectivity index (χ4v) is 2.30. The SMILES string of the molecule is CC(O)(CC(=O)NCCOCc1ccccc1)c1ccccc1. The number of carbonyl (C=O) groups excluding carboxylic acids is 1. The first-order valence-corrected chi connectivity index (χ1v) is 7.74. The van der Waals surface area contributed by atoms with Gasteiger partial charge in [0.2, 0.25) is 5.91 Å². The van der Waals surface area contributed by atoms with Crippen LogP contribution in [0.25, 0.3) is 0 Å². The summed E-state index contributed by atoms with van der Waals surface area (Å²) in [5.41, 5.74) is 0.664. The molecule has 122 valence electrons. The van der Waals surface area contributed by atoms with Crippen LogP contribution in [-0.2, 0) is 21.7 Å². The molecule has 0 aromatic heterocycles. The summed E-state index contributed by atoms with van der Waals surface area (Å²) >= 11 is 0. The van der Waals surface area contributed by atoms with Crippen molar-refractivity contribution in [3.8, 4) is 0 Å². The molecule has 2 rings (SSSR count). The Morgan fingerprint density at radius 2 is 1.70 bits per heavy atom. The van der Waals surface area contributed by atoms with E-state index in [0.29, 0.717) is 19.8 Å². The number of aliphatic hydroxyl groups is 1. The molecule has 0 aliphatic carbocycles. The second-order valence-electron chi connectivity index (χ2n) is 5.70. The standard InChI is InChI=1S/C19H23NO3/c1-19(22,17-10-6-3-7-11-17)14-18(21)20-12-13-23-15-16-8-4-2-5-9-16/h2-11,22H,12-15H2,1H3,(H,20,21). The third-order valence-electron chi connectivity index (χ3n) is 3.58. The molecule has 0 radical (unpaired) electrons. The maximum absolute atomic E-state index is 11.9. The number of hydrogen-bond acceptors (Lipinski definition) is 3. The van der Waals surface area contributed by atoms with Gasteiger partial charge in [0.15, 0.2) is 0 Å². The predicted octanol–water partition coefficient (Wildman–Crippen LogP) is 2.62. The Balaban J connectivity index is 1.67. The summed E-state index contributed by atoms with van der Waals surface area (Å²) in [6, 6.07) is 19.1. The van der Waals surface area contributed by atoms with Gasteiger partial charge in [-0.25, -0.2) is 0 Å². The Hall–Kier alpha value is -2.17. The van der Waals surface area contributed by atoms with E-state index in [9.17, 15) is 9.90 Å². The highest BCUT2D eigenvalue weighted by Crippen LogP contribution is 2.23. The van der Waals surface area contributed by atoms with Crippen LogP contribution in [0.3, 0.4) is 0 Å². The van der Waals surface area contributed by atoms with E-state index < -0.39 is 5.60 Å². The van der Waals surface area contributed by atoms with Gasteiger partial charge in [-0.15, -0.1) is 0 Å². The number of rotatable bonds is 8. The highest BCUT2D eigenvalue weighted by Gasteiger charge is 2.26.